The van der Waals surface area contributed by atoms with Gasteiger partial charge < -0.3 is 5.32 Å². The summed E-state index contributed by atoms with van der Waals surface area (Å²) in [4.78, 5) is 0. The fourth-order valence-electron chi connectivity index (χ4n) is 2.35. The molecule has 4 heteroatoms. The highest BCUT2D eigenvalue weighted by molar-refractivity contribution is 7.91. The van der Waals surface area contributed by atoms with Crippen molar-refractivity contribution in [1.29, 1.82) is 0 Å². The zero-order valence-electron chi connectivity index (χ0n) is 9.29. The average Bonchev–Trinajstić information content (AvgIpc) is 2.47. The SMILES string of the molecule is CCC(C)C(NC)C1CCS(=O)(=O)C1. The molecule has 1 aliphatic rings. The number of sulfone groups is 1. The number of hydrogen-bond acceptors (Lipinski definition) is 3. The molecule has 1 saturated heterocycles. The lowest BCUT2D eigenvalue weighted by molar-refractivity contribution is 0.297. The van der Waals surface area contributed by atoms with Crippen molar-refractivity contribution >= 4 is 9.84 Å². The van der Waals surface area contributed by atoms with Gasteiger partial charge in [-0.1, -0.05) is 20.3 Å². The van der Waals surface area contributed by atoms with E-state index in [0.717, 1.165) is 12.8 Å². The van der Waals surface area contributed by atoms with Crippen LogP contribution in [-0.2, 0) is 9.84 Å². The first-order valence-corrected chi connectivity index (χ1v) is 7.20. The maximum Gasteiger partial charge on any atom is 0.150 e. The summed E-state index contributed by atoms with van der Waals surface area (Å²) >= 11 is 0. The second-order valence-electron chi connectivity index (χ2n) is 4.36. The minimum atomic E-state index is -2.73. The first-order valence-electron chi connectivity index (χ1n) is 5.38. The Bertz CT molecular complexity index is 274. The van der Waals surface area contributed by atoms with Gasteiger partial charge in [-0.2, -0.15) is 0 Å². The number of hydrogen-bond donors (Lipinski definition) is 1. The van der Waals surface area contributed by atoms with Gasteiger partial charge in [-0.15, -0.1) is 0 Å². The first kappa shape index (κ1) is 12.0. The van der Waals surface area contributed by atoms with Crippen molar-refractivity contribution in [3.63, 3.8) is 0 Å². The molecule has 0 aromatic rings. The molecule has 0 saturated carbocycles. The molecule has 1 aliphatic heterocycles. The third kappa shape index (κ3) is 2.70. The van der Waals surface area contributed by atoms with Crippen molar-refractivity contribution in [3.8, 4) is 0 Å². The van der Waals surface area contributed by atoms with Gasteiger partial charge in [-0.3, -0.25) is 0 Å². The largest absolute Gasteiger partial charge is 0.316 e. The molecule has 14 heavy (non-hydrogen) atoms. The summed E-state index contributed by atoms with van der Waals surface area (Å²) in [6.45, 7) is 4.34. The van der Waals surface area contributed by atoms with Crippen LogP contribution in [0.3, 0.4) is 0 Å². The topological polar surface area (TPSA) is 46.2 Å². The molecule has 0 spiro atoms. The quantitative estimate of drug-likeness (QED) is 0.769. The molecule has 0 amide bonds. The van der Waals surface area contributed by atoms with Gasteiger partial charge >= 0.3 is 0 Å². The van der Waals surface area contributed by atoms with Crippen LogP contribution in [0.25, 0.3) is 0 Å². The number of nitrogens with one attached hydrogen (secondary N) is 1. The summed E-state index contributed by atoms with van der Waals surface area (Å²) in [5.41, 5.74) is 0. The van der Waals surface area contributed by atoms with E-state index in [4.69, 9.17) is 0 Å². The molecule has 1 N–H and O–H groups in total. The molecule has 1 fully saturated rings. The molecule has 3 nitrogen and oxygen atoms in total. The lowest BCUT2D eigenvalue weighted by Gasteiger charge is -2.27. The van der Waals surface area contributed by atoms with Gasteiger partial charge in [0.05, 0.1) is 11.5 Å². The molecule has 0 aliphatic carbocycles. The predicted molar refractivity (Wildman–Crippen MR) is 59.1 cm³/mol. The van der Waals surface area contributed by atoms with Gasteiger partial charge in [0.25, 0.3) is 0 Å². The Kier molecular flexibility index (Phi) is 3.95. The molecule has 84 valence electrons. The lowest BCUT2D eigenvalue weighted by Crippen LogP contribution is -2.39. The van der Waals surface area contributed by atoms with Gasteiger partial charge in [0.1, 0.15) is 0 Å². The third-order valence-corrected chi connectivity index (χ3v) is 5.16. The van der Waals surface area contributed by atoms with Gasteiger partial charge in [0.15, 0.2) is 9.84 Å². The van der Waals surface area contributed by atoms with Gasteiger partial charge in [0.2, 0.25) is 0 Å². The van der Waals surface area contributed by atoms with E-state index >= 15 is 0 Å². The van der Waals surface area contributed by atoms with Crippen LogP contribution in [0.5, 0.6) is 0 Å². The first-order chi connectivity index (χ1) is 6.50. The Labute approximate surface area is 87.2 Å². The second-order valence-corrected chi connectivity index (χ2v) is 6.59. The molecule has 0 aromatic carbocycles. The van der Waals surface area contributed by atoms with E-state index in [9.17, 15) is 8.42 Å². The van der Waals surface area contributed by atoms with Crippen molar-refractivity contribution in [2.24, 2.45) is 11.8 Å². The normalized spacial score (nSPS) is 30.1. The third-order valence-electron chi connectivity index (χ3n) is 3.37. The van der Waals surface area contributed by atoms with Gasteiger partial charge in [-0.05, 0) is 25.3 Å². The van der Waals surface area contributed by atoms with E-state index in [1.807, 2.05) is 7.05 Å². The van der Waals surface area contributed by atoms with Crippen LogP contribution in [0, 0.1) is 11.8 Å². The highest BCUT2D eigenvalue weighted by atomic mass is 32.2. The van der Waals surface area contributed by atoms with Crippen molar-refractivity contribution in [3.05, 3.63) is 0 Å². The molecule has 1 rings (SSSR count). The zero-order valence-corrected chi connectivity index (χ0v) is 10.1. The molecule has 0 aromatic heterocycles. The summed E-state index contributed by atoms with van der Waals surface area (Å²) in [6, 6.07) is 0.359. The van der Waals surface area contributed by atoms with Crippen molar-refractivity contribution in [1.82, 2.24) is 5.32 Å². The zero-order chi connectivity index (χ0) is 10.8. The molecule has 0 radical (unpaired) electrons. The van der Waals surface area contributed by atoms with E-state index in [0.29, 0.717) is 29.4 Å². The van der Waals surface area contributed by atoms with Gasteiger partial charge in [-0.25, -0.2) is 8.42 Å². The summed E-state index contributed by atoms with van der Waals surface area (Å²) < 4.78 is 22.7. The van der Waals surface area contributed by atoms with E-state index in [1.165, 1.54) is 0 Å². The van der Waals surface area contributed by atoms with Crippen molar-refractivity contribution < 1.29 is 8.42 Å². The molecule has 1 heterocycles. The van der Waals surface area contributed by atoms with Crippen molar-refractivity contribution in [2.75, 3.05) is 18.6 Å². The highest BCUT2D eigenvalue weighted by Gasteiger charge is 2.34. The Morgan fingerprint density at radius 1 is 1.50 bits per heavy atom. The molecule has 0 bridgehead atoms. The van der Waals surface area contributed by atoms with Crippen LogP contribution in [0.2, 0.25) is 0 Å². The lowest BCUT2D eigenvalue weighted by atomic mass is 9.87. The Morgan fingerprint density at radius 3 is 2.50 bits per heavy atom. The van der Waals surface area contributed by atoms with Crippen LogP contribution in [0.4, 0.5) is 0 Å². The minimum absolute atomic E-state index is 0.319. The minimum Gasteiger partial charge on any atom is -0.316 e. The van der Waals surface area contributed by atoms with E-state index < -0.39 is 9.84 Å². The van der Waals surface area contributed by atoms with E-state index in [-0.39, 0.29) is 0 Å². The van der Waals surface area contributed by atoms with E-state index in [1.54, 1.807) is 0 Å². The Hall–Kier alpha value is -0.0900. The highest BCUT2D eigenvalue weighted by Crippen LogP contribution is 2.26. The summed E-state index contributed by atoms with van der Waals surface area (Å²) in [5, 5.41) is 3.27. The Morgan fingerprint density at radius 2 is 2.14 bits per heavy atom. The second kappa shape index (κ2) is 4.62. The molecular formula is C10H21NO2S. The fourth-order valence-corrected chi connectivity index (χ4v) is 4.20. The monoisotopic (exact) mass is 219 g/mol. The fraction of sp³-hybridized carbons (Fsp3) is 1.00. The summed E-state index contributed by atoms with van der Waals surface area (Å²) in [5.74, 6) is 1.63. The van der Waals surface area contributed by atoms with Gasteiger partial charge in [0, 0.05) is 6.04 Å². The van der Waals surface area contributed by atoms with Crippen LogP contribution in [0.1, 0.15) is 26.7 Å². The molecular weight excluding hydrogens is 198 g/mol. The van der Waals surface area contributed by atoms with Crippen LogP contribution in [0.15, 0.2) is 0 Å². The smallest absolute Gasteiger partial charge is 0.150 e. The molecule has 3 atom stereocenters. The standard InChI is InChI=1S/C10H21NO2S/c1-4-8(2)10(11-3)9-5-6-14(12,13)7-9/h8-11H,4-7H2,1-3H3. The molecule has 3 unspecified atom stereocenters. The number of rotatable bonds is 4. The average molecular weight is 219 g/mol. The Balaban J connectivity index is 2.64. The van der Waals surface area contributed by atoms with Crippen LogP contribution < -0.4 is 5.32 Å². The maximum absolute atomic E-state index is 11.3. The van der Waals surface area contributed by atoms with E-state index in [2.05, 4.69) is 19.2 Å². The maximum atomic E-state index is 11.3. The summed E-state index contributed by atoms with van der Waals surface area (Å²) in [6.07, 6.45) is 1.93. The van der Waals surface area contributed by atoms with Crippen LogP contribution in [-0.4, -0.2) is 33.0 Å². The summed E-state index contributed by atoms with van der Waals surface area (Å²) in [7, 11) is -0.800. The predicted octanol–water partition coefficient (Wildman–Crippen LogP) is 1.06. The van der Waals surface area contributed by atoms with Crippen molar-refractivity contribution in [2.45, 2.75) is 32.7 Å². The van der Waals surface area contributed by atoms with Crippen LogP contribution >= 0.6 is 0 Å².